The zero-order valence-electron chi connectivity index (χ0n) is 16.6. The second-order valence-electron chi connectivity index (χ2n) is 6.62. The summed E-state index contributed by atoms with van der Waals surface area (Å²) in [5, 5.41) is 2.82. The van der Waals surface area contributed by atoms with E-state index in [9.17, 15) is 14.4 Å². The quantitative estimate of drug-likeness (QED) is 0.451. The van der Waals surface area contributed by atoms with Gasteiger partial charge in [0.1, 0.15) is 0 Å². The van der Waals surface area contributed by atoms with Gasteiger partial charge in [-0.05, 0) is 24.6 Å². The molecule has 0 spiro atoms. The molecule has 0 bridgehead atoms. The Morgan fingerprint density at radius 3 is 2.00 bits per heavy atom. The Morgan fingerprint density at radius 2 is 1.41 bits per heavy atom. The fourth-order valence-electron chi connectivity index (χ4n) is 3.41. The van der Waals surface area contributed by atoms with E-state index in [0.717, 1.165) is 0 Å². The third-order valence-corrected chi connectivity index (χ3v) is 7.90. The van der Waals surface area contributed by atoms with Crippen LogP contribution < -0.4 is 5.32 Å². The molecule has 0 atom stereocenters. The van der Waals surface area contributed by atoms with Gasteiger partial charge in [0.25, 0.3) is 5.91 Å². The van der Waals surface area contributed by atoms with Crippen LogP contribution in [0.2, 0.25) is 6.04 Å². The molecular weight excluding hydrogens is 390 g/mol. The fourth-order valence-corrected chi connectivity index (χ4v) is 5.13. The molecule has 0 fully saturated rings. The second kappa shape index (κ2) is 8.79. The van der Waals surface area contributed by atoms with Crippen LogP contribution >= 0.6 is 0 Å². The highest BCUT2D eigenvalue weighted by Crippen LogP contribution is 2.27. The summed E-state index contributed by atoms with van der Waals surface area (Å²) >= 11 is 0. The summed E-state index contributed by atoms with van der Waals surface area (Å²) in [6.07, 6.45) is 0.614. The van der Waals surface area contributed by atoms with Crippen LogP contribution in [0.25, 0.3) is 0 Å². The van der Waals surface area contributed by atoms with Crippen LogP contribution in [0.1, 0.15) is 48.6 Å². The predicted octanol–water partition coefficient (Wildman–Crippen LogP) is 2.46. The molecule has 0 aliphatic heterocycles. The van der Waals surface area contributed by atoms with Crippen LogP contribution in [0.4, 0.5) is 0 Å². The van der Waals surface area contributed by atoms with Crippen molar-refractivity contribution in [2.45, 2.75) is 12.5 Å². The molecule has 0 saturated carbocycles. The zero-order chi connectivity index (χ0) is 21.0. The summed E-state index contributed by atoms with van der Waals surface area (Å²) in [4.78, 5) is 37.9. The molecule has 3 rings (SSSR count). The number of nitrogens with one attached hydrogen (secondary N) is 1. The first-order chi connectivity index (χ1) is 14.0. The number of carbonyl (C=O) groups is 3. The molecule has 8 heteroatoms. The van der Waals surface area contributed by atoms with Crippen molar-refractivity contribution in [3.05, 3.63) is 70.3 Å². The molecule has 152 valence electrons. The van der Waals surface area contributed by atoms with Crippen molar-refractivity contribution in [3.63, 3.8) is 0 Å². The van der Waals surface area contributed by atoms with Gasteiger partial charge in [0.15, 0.2) is 11.6 Å². The van der Waals surface area contributed by atoms with Crippen LogP contribution in [-0.4, -0.2) is 54.2 Å². The SMILES string of the molecule is CO[Si](CCCNC(=O)c1ccc2c(c1)C(=O)c1ccccc1C2=O)(OC)OC. The Labute approximate surface area is 170 Å². The second-order valence-corrected chi connectivity index (χ2v) is 9.71. The van der Waals surface area contributed by atoms with Gasteiger partial charge >= 0.3 is 8.80 Å². The summed E-state index contributed by atoms with van der Waals surface area (Å²) < 4.78 is 16.1. The predicted molar refractivity (Wildman–Crippen MR) is 108 cm³/mol. The van der Waals surface area contributed by atoms with Crippen molar-refractivity contribution in [2.24, 2.45) is 0 Å². The van der Waals surface area contributed by atoms with Gasteiger partial charge in [0, 0.05) is 61.7 Å². The largest absolute Gasteiger partial charge is 0.500 e. The van der Waals surface area contributed by atoms with Gasteiger partial charge in [-0.3, -0.25) is 14.4 Å². The minimum atomic E-state index is -2.67. The Kier molecular flexibility index (Phi) is 6.38. The molecule has 2 aromatic carbocycles. The van der Waals surface area contributed by atoms with E-state index in [4.69, 9.17) is 13.3 Å². The van der Waals surface area contributed by atoms with Gasteiger partial charge in [0.05, 0.1) is 0 Å². The molecule has 7 nitrogen and oxygen atoms in total. The third-order valence-electron chi connectivity index (χ3n) is 5.07. The topological polar surface area (TPSA) is 90.9 Å². The number of hydrogen-bond acceptors (Lipinski definition) is 6. The molecule has 1 aliphatic carbocycles. The Hall–Kier alpha value is -2.65. The van der Waals surface area contributed by atoms with Crippen LogP contribution in [0.15, 0.2) is 42.5 Å². The third kappa shape index (κ3) is 4.06. The fraction of sp³-hybridized carbons (Fsp3) is 0.286. The van der Waals surface area contributed by atoms with Crippen LogP contribution in [-0.2, 0) is 13.3 Å². The van der Waals surface area contributed by atoms with E-state index in [2.05, 4.69) is 5.32 Å². The van der Waals surface area contributed by atoms with Gasteiger partial charge in [-0.1, -0.05) is 24.3 Å². The monoisotopic (exact) mass is 413 g/mol. The molecule has 1 aliphatic rings. The van der Waals surface area contributed by atoms with E-state index in [0.29, 0.717) is 41.3 Å². The molecule has 2 aromatic rings. The smallest absolute Gasteiger partial charge is 0.377 e. The Balaban J connectivity index is 1.69. The minimum absolute atomic E-state index is 0.206. The van der Waals surface area contributed by atoms with E-state index in [1.165, 1.54) is 6.07 Å². The number of amides is 1. The standard InChI is InChI=1S/C21H23NO6Si/c1-26-29(27-2,28-3)12-6-11-22-21(25)14-9-10-17-18(13-14)20(24)16-8-5-4-7-15(16)19(17)23/h4-5,7-10,13H,6,11-12H2,1-3H3,(H,22,25). The van der Waals surface area contributed by atoms with Crippen molar-refractivity contribution in [2.75, 3.05) is 27.9 Å². The first-order valence-electron chi connectivity index (χ1n) is 9.22. The molecular formula is C21H23NO6Si. The molecule has 1 N–H and O–H groups in total. The van der Waals surface area contributed by atoms with Crippen molar-refractivity contribution in [1.29, 1.82) is 0 Å². The summed E-state index contributed by atoms with van der Waals surface area (Å²) in [7, 11) is 1.96. The van der Waals surface area contributed by atoms with E-state index in [-0.39, 0.29) is 23.0 Å². The van der Waals surface area contributed by atoms with Gasteiger partial charge in [-0.15, -0.1) is 0 Å². The van der Waals surface area contributed by atoms with Crippen molar-refractivity contribution >= 4 is 26.3 Å². The lowest BCUT2D eigenvalue weighted by atomic mass is 9.83. The highest BCUT2D eigenvalue weighted by atomic mass is 28.4. The molecule has 0 aromatic heterocycles. The van der Waals surface area contributed by atoms with Crippen molar-refractivity contribution < 1.29 is 27.7 Å². The lowest BCUT2D eigenvalue weighted by molar-refractivity contribution is 0.0947. The first kappa shape index (κ1) is 21.1. The zero-order valence-corrected chi connectivity index (χ0v) is 17.6. The van der Waals surface area contributed by atoms with E-state index < -0.39 is 8.80 Å². The average molecular weight is 414 g/mol. The number of ketones is 2. The molecule has 1 amide bonds. The van der Waals surface area contributed by atoms with Gasteiger partial charge in [-0.25, -0.2) is 0 Å². The number of rotatable bonds is 8. The maximum absolute atomic E-state index is 12.8. The minimum Gasteiger partial charge on any atom is -0.377 e. The van der Waals surface area contributed by atoms with Crippen LogP contribution in [0, 0.1) is 0 Å². The highest BCUT2D eigenvalue weighted by Gasteiger charge is 2.37. The first-order valence-corrected chi connectivity index (χ1v) is 11.2. The van der Waals surface area contributed by atoms with E-state index in [1.54, 1.807) is 57.7 Å². The summed E-state index contributed by atoms with van der Waals surface area (Å²) in [6, 6.07) is 11.9. The van der Waals surface area contributed by atoms with Crippen LogP contribution in [0.5, 0.6) is 0 Å². The summed E-state index contributed by atoms with van der Waals surface area (Å²) in [5.74, 6) is -0.769. The summed E-state index contributed by atoms with van der Waals surface area (Å²) in [6.45, 7) is 0.399. The average Bonchev–Trinajstić information content (AvgIpc) is 2.77. The number of carbonyl (C=O) groups excluding carboxylic acids is 3. The van der Waals surface area contributed by atoms with Crippen molar-refractivity contribution in [3.8, 4) is 0 Å². The highest BCUT2D eigenvalue weighted by molar-refractivity contribution is 6.60. The van der Waals surface area contributed by atoms with Crippen LogP contribution in [0.3, 0.4) is 0 Å². The molecule has 0 radical (unpaired) electrons. The van der Waals surface area contributed by atoms with E-state index >= 15 is 0 Å². The summed E-state index contributed by atoms with van der Waals surface area (Å²) in [5.41, 5.74) is 1.66. The lowest BCUT2D eigenvalue weighted by Crippen LogP contribution is -2.43. The Morgan fingerprint density at radius 1 is 0.862 bits per heavy atom. The number of hydrogen-bond donors (Lipinski definition) is 1. The number of benzene rings is 2. The maximum Gasteiger partial charge on any atom is 0.500 e. The van der Waals surface area contributed by atoms with Crippen molar-refractivity contribution in [1.82, 2.24) is 5.32 Å². The van der Waals surface area contributed by atoms with E-state index in [1.807, 2.05) is 0 Å². The lowest BCUT2D eigenvalue weighted by Gasteiger charge is -2.24. The van der Waals surface area contributed by atoms with Gasteiger partial charge < -0.3 is 18.6 Å². The van der Waals surface area contributed by atoms with Gasteiger partial charge in [-0.2, -0.15) is 0 Å². The van der Waals surface area contributed by atoms with Gasteiger partial charge in [0.2, 0.25) is 0 Å². The molecule has 0 unspecified atom stereocenters. The Bertz CT molecular complexity index is 946. The molecule has 0 heterocycles. The molecule has 0 saturated heterocycles. The number of fused-ring (bicyclic) bond motifs is 2. The molecule has 29 heavy (non-hydrogen) atoms. The maximum atomic E-state index is 12.8. The normalized spacial score (nSPS) is 13.1.